The first kappa shape index (κ1) is 24.5. The molecule has 0 radical (unpaired) electrons. The zero-order valence-corrected chi connectivity index (χ0v) is 20.4. The van der Waals surface area contributed by atoms with Crippen LogP contribution in [-0.4, -0.2) is 26.6 Å². The number of hydrogen-bond donors (Lipinski definition) is 1. The van der Waals surface area contributed by atoms with Gasteiger partial charge in [-0.1, -0.05) is 68.2 Å². The average Bonchev–Trinajstić information content (AvgIpc) is 2.62. The lowest BCUT2D eigenvalue weighted by Gasteiger charge is -2.30. The highest BCUT2D eigenvalue weighted by Gasteiger charge is 2.31. The van der Waals surface area contributed by atoms with Crippen LogP contribution in [0, 0.1) is 0 Å². The van der Waals surface area contributed by atoms with Gasteiger partial charge in [0.1, 0.15) is 6.04 Å². The summed E-state index contributed by atoms with van der Waals surface area (Å²) >= 11 is 12.2. The number of nitrogens with one attached hydrogen (secondary N) is 1. The Morgan fingerprint density at radius 1 is 1.03 bits per heavy atom. The van der Waals surface area contributed by atoms with Crippen LogP contribution in [0.25, 0.3) is 0 Å². The Balaban J connectivity index is 2.26. The molecule has 1 amide bonds. The third-order valence-electron chi connectivity index (χ3n) is 4.87. The van der Waals surface area contributed by atoms with Crippen LogP contribution in [0.3, 0.4) is 0 Å². The molecule has 5 nitrogen and oxygen atoms in total. The summed E-state index contributed by atoms with van der Waals surface area (Å²) in [6.07, 6.45) is 1.03. The molecule has 0 aliphatic carbocycles. The lowest BCUT2D eigenvalue weighted by Crippen LogP contribution is -2.48. The van der Waals surface area contributed by atoms with Crippen molar-refractivity contribution in [3.05, 3.63) is 63.6 Å². The lowest BCUT2D eigenvalue weighted by molar-refractivity contribution is -0.122. The van der Waals surface area contributed by atoms with Crippen molar-refractivity contribution in [2.75, 3.05) is 10.6 Å². The van der Waals surface area contributed by atoms with Gasteiger partial charge in [0, 0.05) is 5.02 Å². The summed E-state index contributed by atoms with van der Waals surface area (Å²) in [5.41, 5.74) is 2.31. The molecular weight excluding hydrogens is 443 g/mol. The topological polar surface area (TPSA) is 66.5 Å². The number of nitrogens with zero attached hydrogens (tertiary/aromatic N) is 1. The molecule has 8 heteroatoms. The molecule has 0 heterocycles. The van der Waals surface area contributed by atoms with Gasteiger partial charge in [-0.15, -0.1) is 0 Å². The van der Waals surface area contributed by atoms with Gasteiger partial charge in [0.2, 0.25) is 15.9 Å². The lowest BCUT2D eigenvalue weighted by atomic mass is 9.86. The quantitative estimate of drug-likeness (QED) is 0.620. The van der Waals surface area contributed by atoms with Gasteiger partial charge in [-0.05, 0) is 48.6 Å². The predicted octanol–water partition coefficient (Wildman–Crippen LogP) is 5.32. The minimum absolute atomic E-state index is 0.0335. The van der Waals surface area contributed by atoms with Gasteiger partial charge >= 0.3 is 0 Å². The first-order chi connectivity index (χ1) is 13.7. The van der Waals surface area contributed by atoms with Gasteiger partial charge in [0.05, 0.1) is 23.0 Å². The fraction of sp³-hybridized carbons (Fsp3) is 0.409. The smallest absolute Gasteiger partial charge is 0.244 e. The summed E-state index contributed by atoms with van der Waals surface area (Å²) < 4.78 is 25.9. The summed E-state index contributed by atoms with van der Waals surface area (Å²) in [5, 5.41) is 3.40. The Bertz CT molecular complexity index is 1020. The maximum Gasteiger partial charge on any atom is 0.244 e. The maximum atomic E-state index is 12.9. The first-order valence-corrected chi connectivity index (χ1v) is 12.2. The maximum absolute atomic E-state index is 12.9. The van der Waals surface area contributed by atoms with Gasteiger partial charge in [0.15, 0.2) is 0 Å². The number of hydrogen-bond acceptors (Lipinski definition) is 3. The summed E-state index contributed by atoms with van der Waals surface area (Å²) in [5.74, 6) is -0.441. The second kappa shape index (κ2) is 9.16. The van der Waals surface area contributed by atoms with Crippen LogP contribution in [0.2, 0.25) is 10.0 Å². The van der Waals surface area contributed by atoms with E-state index in [0.717, 1.165) is 16.1 Å². The highest BCUT2D eigenvalue weighted by molar-refractivity contribution is 7.92. The third-order valence-corrected chi connectivity index (χ3v) is 6.65. The van der Waals surface area contributed by atoms with Crippen molar-refractivity contribution in [3.63, 3.8) is 0 Å². The number of benzene rings is 2. The van der Waals surface area contributed by atoms with E-state index in [9.17, 15) is 13.2 Å². The van der Waals surface area contributed by atoms with E-state index in [1.54, 1.807) is 6.07 Å². The Morgan fingerprint density at radius 3 is 2.10 bits per heavy atom. The monoisotopic (exact) mass is 470 g/mol. The fourth-order valence-corrected chi connectivity index (χ4v) is 4.73. The number of halogens is 2. The molecule has 2 atom stereocenters. The molecule has 0 saturated carbocycles. The van der Waals surface area contributed by atoms with Crippen molar-refractivity contribution >= 4 is 44.8 Å². The molecule has 0 aliphatic heterocycles. The summed E-state index contributed by atoms with van der Waals surface area (Å²) in [6, 6.07) is 11.2. The Labute approximate surface area is 189 Å². The van der Waals surface area contributed by atoms with Crippen LogP contribution in [0.5, 0.6) is 0 Å². The van der Waals surface area contributed by atoms with E-state index in [1.807, 2.05) is 31.2 Å². The molecule has 164 valence electrons. The predicted molar refractivity (Wildman–Crippen MR) is 125 cm³/mol. The van der Waals surface area contributed by atoms with Crippen molar-refractivity contribution < 1.29 is 13.2 Å². The van der Waals surface area contributed by atoms with Crippen molar-refractivity contribution in [2.24, 2.45) is 0 Å². The zero-order valence-electron chi connectivity index (χ0n) is 18.0. The average molecular weight is 471 g/mol. The SMILES string of the molecule is CC(NC(=O)C(C)N(c1cc(Cl)ccc1Cl)S(C)(=O)=O)c1ccc(C(C)(C)C)cc1. The number of amides is 1. The Hall–Kier alpha value is -1.76. The molecule has 2 aromatic rings. The molecule has 0 aliphatic rings. The van der Waals surface area contributed by atoms with Gasteiger partial charge in [-0.25, -0.2) is 8.42 Å². The van der Waals surface area contributed by atoms with E-state index in [-0.39, 0.29) is 22.2 Å². The van der Waals surface area contributed by atoms with Crippen molar-refractivity contribution in [3.8, 4) is 0 Å². The van der Waals surface area contributed by atoms with Crippen LogP contribution in [0.1, 0.15) is 51.8 Å². The molecule has 0 saturated heterocycles. The van der Waals surface area contributed by atoms with Crippen molar-refractivity contribution in [1.29, 1.82) is 0 Å². The van der Waals surface area contributed by atoms with E-state index in [4.69, 9.17) is 23.2 Å². The van der Waals surface area contributed by atoms with E-state index >= 15 is 0 Å². The van der Waals surface area contributed by atoms with E-state index in [2.05, 4.69) is 26.1 Å². The van der Waals surface area contributed by atoms with Crippen molar-refractivity contribution in [2.45, 2.75) is 52.1 Å². The van der Waals surface area contributed by atoms with E-state index in [1.165, 1.54) is 24.6 Å². The third kappa shape index (κ3) is 5.90. The van der Waals surface area contributed by atoms with Crippen molar-refractivity contribution in [1.82, 2.24) is 5.32 Å². The minimum atomic E-state index is -3.79. The van der Waals surface area contributed by atoms with Gasteiger partial charge in [0.25, 0.3) is 0 Å². The summed E-state index contributed by atoms with van der Waals surface area (Å²) in [7, 11) is -3.79. The van der Waals surface area contributed by atoms with Gasteiger partial charge in [-0.2, -0.15) is 0 Å². The molecule has 30 heavy (non-hydrogen) atoms. The summed E-state index contributed by atoms with van der Waals surface area (Å²) in [4.78, 5) is 12.9. The van der Waals surface area contributed by atoms with E-state index < -0.39 is 22.0 Å². The molecule has 2 rings (SSSR count). The number of carbonyl (C=O) groups is 1. The standard InChI is InChI=1S/C22H28Cl2N2O3S/c1-14(16-7-9-17(10-8-16)22(3,4)5)25-21(27)15(2)26(30(6,28)29)20-13-18(23)11-12-19(20)24/h7-15H,1-6H3,(H,25,27). The highest BCUT2D eigenvalue weighted by atomic mass is 35.5. The largest absolute Gasteiger partial charge is 0.348 e. The van der Waals surface area contributed by atoms with Crippen LogP contribution >= 0.6 is 23.2 Å². The number of carbonyl (C=O) groups excluding carboxylic acids is 1. The Morgan fingerprint density at radius 2 is 1.60 bits per heavy atom. The van der Waals surface area contributed by atoms with Crippen LogP contribution < -0.4 is 9.62 Å². The van der Waals surface area contributed by atoms with Crippen LogP contribution in [0.4, 0.5) is 5.69 Å². The number of sulfonamides is 1. The molecular formula is C22H28Cl2N2O3S. The minimum Gasteiger partial charge on any atom is -0.348 e. The molecule has 2 aromatic carbocycles. The molecule has 2 unspecified atom stereocenters. The van der Waals surface area contributed by atoms with Gasteiger partial charge in [-0.3, -0.25) is 9.10 Å². The number of anilines is 1. The molecule has 0 spiro atoms. The first-order valence-electron chi connectivity index (χ1n) is 9.57. The number of rotatable bonds is 6. The van der Waals surface area contributed by atoms with Gasteiger partial charge < -0.3 is 5.32 Å². The molecule has 1 N–H and O–H groups in total. The molecule has 0 bridgehead atoms. The van der Waals surface area contributed by atoms with Crippen LogP contribution in [0.15, 0.2) is 42.5 Å². The highest BCUT2D eigenvalue weighted by Crippen LogP contribution is 2.32. The normalized spacial score (nSPS) is 14.1. The fourth-order valence-electron chi connectivity index (χ4n) is 3.12. The zero-order chi connectivity index (χ0) is 22.9. The second-order valence-corrected chi connectivity index (χ2v) is 11.1. The Kier molecular flexibility index (Phi) is 7.49. The molecule has 0 aromatic heterocycles. The van der Waals surface area contributed by atoms with Crippen LogP contribution in [-0.2, 0) is 20.2 Å². The second-order valence-electron chi connectivity index (χ2n) is 8.43. The van der Waals surface area contributed by atoms with E-state index in [0.29, 0.717) is 5.02 Å². The summed E-state index contributed by atoms with van der Waals surface area (Å²) in [6.45, 7) is 9.78. The molecule has 0 fully saturated rings.